The van der Waals surface area contributed by atoms with E-state index in [1.54, 1.807) is 12.3 Å². The summed E-state index contributed by atoms with van der Waals surface area (Å²) < 4.78 is 8.10. The van der Waals surface area contributed by atoms with Crippen LogP contribution in [-0.4, -0.2) is 39.1 Å². The highest BCUT2D eigenvalue weighted by Gasteiger charge is 2.44. The average molecular weight is 683 g/mol. The fraction of sp³-hybridized carbons (Fsp3) is 0.364. The van der Waals surface area contributed by atoms with Gasteiger partial charge >= 0.3 is 6.01 Å². The second kappa shape index (κ2) is 15.1. The van der Waals surface area contributed by atoms with Gasteiger partial charge in [-0.2, -0.15) is 9.56 Å². The number of rotatable bonds is 14. The molecule has 0 fully saturated rings. The maximum atomic E-state index is 13.2. The molecule has 1 atom stereocenters. The Morgan fingerprint density at radius 1 is 0.961 bits per heavy atom. The number of fused-ring (bicyclic) bond motifs is 2. The van der Waals surface area contributed by atoms with Crippen LogP contribution in [-0.2, 0) is 28.7 Å². The van der Waals surface area contributed by atoms with Gasteiger partial charge in [-0.15, -0.1) is 0 Å². The number of aryl methyl sites for hydroxylation is 2. The number of hydrogen-bond donors (Lipinski definition) is 1. The summed E-state index contributed by atoms with van der Waals surface area (Å²) in [5.74, 6) is 0.687. The number of carbonyl (C=O) groups excluding carboxylic acids is 1. The maximum absolute atomic E-state index is 13.2. The van der Waals surface area contributed by atoms with Crippen molar-refractivity contribution in [1.29, 1.82) is 0 Å². The lowest BCUT2D eigenvalue weighted by molar-refractivity contribution is -0.433. The van der Waals surface area contributed by atoms with Crippen molar-refractivity contribution in [3.8, 4) is 6.01 Å². The van der Waals surface area contributed by atoms with Gasteiger partial charge < -0.3 is 15.4 Å². The van der Waals surface area contributed by atoms with E-state index in [4.69, 9.17) is 10.5 Å². The predicted molar refractivity (Wildman–Crippen MR) is 208 cm³/mol. The van der Waals surface area contributed by atoms with E-state index in [9.17, 15) is 4.79 Å². The summed E-state index contributed by atoms with van der Waals surface area (Å²) in [5, 5.41) is 0. The van der Waals surface area contributed by atoms with Gasteiger partial charge in [-0.3, -0.25) is 4.79 Å². The van der Waals surface area contributed by atoms with Crippen molar-refractivity contribution in [2.45, 2.75) is 91.1 Å². The topological polar surface area (TPSA) is 84.3 Å². The lowest BCUT2D eigenvalue weighted by Gasteiger charge is -2.30. The molecule has 0 saturated carbocycles. The molecule has 264 valence electrons. The van der Waals surface area contributed by atoms with Gasteiger partial charge in [0.15, 0.2) is 5.71 Å². The Bertz CT molecular complexity index is 1990. The van der Waals surface area contributed by atoms with Crippen LogP contribution >= 0.6 is 0 Å². The summed E-state index contributed by atoms with van der Waals surface area (Å²) in [5.41, 5.74) is 16.8. The van der Waals surface area contributed by atoms with E-state index in [2.05, 4.69) is 134 Å². The van der Waals surface area contributed by atoms with Crippen molar-refractivity contribution in [2.75, 3.05) is 23.7 Å². The van der Waals surface area contributed by atoms with Crippen LogP contribution in [0.25, 0.3) is 0 Å². The third kappa shape index (κ3) is 7.39. The van der Waals surface area contributed by atoms with Gasteiger partial charge in [-0.05, 0) is 95.7 Å². The standard InChI is InChI=1S/C44H52N5O2/c1-7-48-37-15-10-9-14-35(37)43(4,5)39(48)16-11-17-40-44(6,36-29-31(3)18-25-38(36)49(40)8-2)27-12-13-34(50)24-23-32-19-21-33(22-20-32)30-51-42-46-28-26-41(45)47-42/h9-11,14-22,25-26,28-29H,7-8,12-13,23-24,27,30H2,1-6H3,(H2,45,46,47)/q+1. The third-order valence-electron chi connectivity index (χ3n) is 10.7. The number of Topliss-reactive ketones (excluding diaryl/α,β-unsaturated/α-hetero) is 1. The fourth-order valence-corrected chi connectivity index (χ4v) is 7.90. The largest absolute Gasteiger partial charge is 0.459 e. The molecule has 0 bridgehead atoms. The van der Waals surface area contributed by atoms with Gasteiger partial charge in [0.2, 0.25) is 5.69 Å². The first-order chi connectivity index (χ1) is 24.5. The van der Waals surface area contributed by atoms with Crippen molar-refractivity contribution in [1.82, 2.24) is 9.97 Å². The molecule has 7 heteroatoms. The van der Waals surface area contributed by atoms with Gasteiger partial charge in [0.1, 0.15) is 24.8 Å². The highest BCUT2D eigenvalue weighted by molar-refractivity contribution is 6.03. The van der Waals surface area contributed by atoms with E-state index in [1.165, 1.54) is 39.5 Å². The minimum atomic E-state index is -0.195. The fourth-order valence-electron chi connectivity index (χ4n) is 7.90. The number of nitrogens with zero attached hydrogens (tertiary/aromatic N) is 4. The quantitative estimate of drug-likeness (QED) is 0.134. The van der Waals surface area contributed by atoms with Crippen molar-refractivity contribution < 1.29 is 14.1 Å². The number of nitrogens with two attached hydrogens (primary N) is 1. The van der Waals surface area contributed by atoms with E-state index in [1.807, 2.05) is 12.1 Å². The molecule has 0 radical (unpaired) electrons. The number of anilines is 2. The van der Waals surface area contributed by atoms with Gasteiger partial charge in [-0.25, -0.2) is 4.98 Å². The number of allylic oxidation sites excluding steroid dienone is 4. The molecule has 4 aromatic rings. The molecule has 1 unspecified atom stereocenters. The van der Waals surface area contributed by atoms with Crippen molar-refractivity contribution in [3.05, 3.63) is 131 Å². The van der Waals surface area contributed by atoms with Gasteiger partial charge in [-0.1, -0.05) is 66.2 Å². The van der Waals surface area contributed by atoms with Crippen LogP contribution in [0.4, 0.5) is 17.2 Å². The molecule has 2 aliphatic rings. The normalized spacial score (nSPS) is 18.5. The number of ether oxygens (including phenoxy) is 1. The van der Waals surface area contributed by atoms with E-state index < -0.39 is 0 Å². The molecule has 2 aliphatic heterocycles. The lowest BCUT2D eigenvalue weighted by atomic mass is 9.76. The van der Waals surface area contributed by atoms with Crippen molar-refractivity contribution in [3.63, 3.8) is 0 Å². The minimum Gasteiger partial charge on any atom is -0.459 e. The van der Waals surface area contributed by atoms with Crippen LogP contribution < -0.4 is 15.4 Å². The third-order valence-corrected chi connectivity index (χ3v) is 10.7. The van der Waals surface area contributed by atoms with Crippen LogP contribution in [0, 0.1) is 6.92 Å². The highest BCUT2D eigenvalue weighted by Crippen LogP contribution is 2.51. The van der Waals surface area contributed by atoms with E-state index >= 15 is 0 Å². The smallest absolute Gasteiger partial charge is 0.318 e. The summed E-state index contributed by atoms with van der Waals surface area (Å²) in [7, 11) is 0. The van der Waals surface area contributed by atoms with Crippen LogP contribution in [0.3, 0.4) is 0 Å². The molecule has 2 N–H and O–H groups in total. The molecule has 6 rings (SSSR count). The van der Waals surface area contributed by atoms with E-state index in [-0.39, 0.29) is 16.8 Å². The summed E-state index contributed by atoms with van der Waals surface area (Å²) in [6.45, 7) is 15.8. The Balaban J connectivity index is 1.12. The van der Waals surface area contributed by atoms with Crippen LogP contribution in [0.1, 0.15) is 88.1 Å². The Labute approximate surface area is 303 Å². The second-order valence-corrected chi connectivity index (χ2v) is 14.5. The molecule has 7 nitrogen and oxygen atoms in total. The molecule has 0 amide bonds. The monoisotopic (exact) mass is 682 g/mol. The number of benzene rings is 3. The van der Waals surface area contributed by atoms with Gasteiger partial charge in [0.25, 0.3) is 0 Å². The number of aromatic nitrogens is 2. The highest BCUT2D eigenvalue weighted by atomic mass is 16.5. The number of carbonyl (C=O) groups is 1. The van der Waals surface area contributed by atoms with E-state index in [0.717, 1.165) is 43.5 Å². The van der Waals surface area contributed by atoms with Crippen LogP contribution in [0.5, 0.6) is 6.01 Å². The minimum absolute atomic E-state index is 0.0742. The number of hydrogen-bond acceptors (Lipinski definition) is 6. The Kier molecular flexibility index (Phi) is 10.6. The Morgan fingerprint density at radius 2 is 1.73 bits per heavy atom. The Hall–Kier alpha value is -5.04. The SMILES string of the molecule is CCN1/C(=C/C=C/C2=[N+](CC)c3ccccc3C2(C)C)C(C)(CCCC(=O)CCc2ccc(COc3nccc(N)n3)cc2)c2cc(C)ccc21. The molecule has 0 saturated heterocycles. The molecule has 0 spiro atoms. The first kappa shape index (κ1) is 35.8. The zero-order valence-electron chi connectivity index (χ0n) is 31.1. The Morgan fingerprint density at radius 3 is 2.47 bits per heavy atom. The van der Waals surface area contributed by atoms with Gasteiger partial charge in [0.05, 0.1) is 5.41 Å². The summed E-state index contributed by atoms with van der Waals surface area (Å²) in [6, 6.07) is 25.7. The molecular formula is C44H52N5O2+. The number of nitrogen functional groups attached to an aromatic ring is 1. The van der Waals surface area contributed by atoms with E-state index in [0.29, 0.717) is 31.0 Å². The first-order valence-electron chi connectivity index (χ1n) is 18.4. The first-order valence-corrected chi connectivity index (χ1v) is 18.4. The predicted octanol–water partition coefficient (Wildman–Crippen LogP) is 8.95. The summed E-state index contributed by atoms with van der Waals surface area (Å²) in [4.78, 5) is 23.8. The summed E-state index contributed by atoms with van der Waals surface area (Å²) >= 11 is 0. The molecule has 0 aliphatic carbocycles. The number of likely N-dealkylation sites (N-methyl/N-ethyl adjacent to an activating group) is 1. The molecule has 51 heavy (non-hydrogen) atoms. The zero-order chi connectivity index (χ0) is 36.2. The van der Waals surface area contributed by atoms with Crippen molar-refractivity contribution in [2.24, 2.45) is 0 Å². The zero-order valence-corrected chi connectivity index (χ0v) is 31.1. The number of ketones is 1. The maximum Gasteiger partial charge on any atom is 0.318 e. The molecular weight excluding hydrogens is 631 g/mol. The van der Waals surface area contributed by atoms with Crippen LogP contribution in [0.2, 0.25) is 0 Å². The lowest BCUT2D eigenvalue weighted by Crippen LogP contribution is -2.29. The molecule has 3 heterocycles. The number of para-hydroxylation sites is 1. The summed E-state index contributed by atoms with van der Waals surface area (Å²) in [6.07, 6.45) is 12.1. The van der Waals surface area contributed by atoms with Gasteiger partial charge in [0, 0.05) is 60.1 Å². The molecule has 3 aromatic carbocycles. The second-order valence-electron chi connectivity index (χ2n) is 14.5. The average Bonchev–Trinajstić information content (AvgIpc) is 3.49. The van der Waals surface area contributed by atoms with Crippen molar-refractivity contribution >= 4 is 28.7 Å². The molecule has 1 aromatic heterocycles. The van der Waals surface area contributed by atoms with Crippen LogP contribution in [0.15, 0.2) is 103 Å².